The summed E-state index contributed by atoms with van der Waals surface area (Å²) in [6, 6.07) is 0. The number of hydrogen-bond donors (Lipinski definition) is 1. The predicted molar refractivity (Wildman–Crippen MR) is 89.0 cm³/mol. The van der Waals surface area contributed by atoms with E-state index in [9.17, 15) is 5.11 Å². The molecule has 0 aromatic rings. The molecule has 0 bridgehead atoms. The van der Waals surface area contributed by atoms with Crippen LogP contribution in [0.15, 0.2) is 24.3 Å². The molecule has 3 aliphatic rings. The lowest BCUT2D eigenvalue weighted by atomic mass is 9.45. The van der Waals surface area contributed by atoms with Gasteiger partial charge in [-0.1, -0.05) is 51.8 Å². The summed E-state index contributed by atoms with van der Waals surface area (Å²) in [4.78, 5) is 0. The fourth-order valence-electron chi connectivity index (χ4n) is 6.19. The maximum absolute atomic E-state index is 10.9. The van der Waals surface area contributed by atoms with Crippen LogP contribution in [-0.4, -0.2) is 11.2 Å². The standard InChI is InChI=1S/C20H32O/c1-6-19(4)11-8-15-14(13-19)12-16(21)17-18(2,3)9-7-10-20(15,17)5/h6,13,15-17,21H,1,7-12H2,2-5H3. The van der Waals surface area contributed by atoms with Gasteiger partial charge in [-0.25, -0.2) is 0 Å². The van der Waals surface area contributed by atoms with Gasteiger partial charge in [-0.15, -0.1) is 6.58 Å². The Morgan fingerprint density at radius 1 is 1.19 bits per heavy atom. The lowest BCUT2D eigenvalue weighted by Gasteiger charge is -2.61. The Balaban J connectivity index is 2.03. The van der Waals surface area contributed by atoms with E-state index in [0.717, 1.165) is 6.42 Å². The van der Waals surface area contributed by atoms with Crippen LogP contribution in [0.1, 0.15) is 66.2 Å². The first-order chi connectivity index (χ1) is 9.72. The van der Waals surface area contributed by atoms with Crippen molar-refractivity contribution < 1.29 is 5.11 Å². The second-order valence-corrected chi connectivity index (χ2v) is 9.12. The van der Waals surface area contributed by atoms with Crippen LogP contribution in [0.25, 0.3) is 0 Å². The molecule has 2 saturated carbocycles. The second kappa shape index (κ2) is 4.72. The lowest BCUT2D eigenvalue weighted by molar-refractivity contribution is -0.124. The van der Waals surface area contributed by atoms with Crippen LogP contribution in [0.5, 0.6) is 0 Å². The van der Waals surface area contributed by atoms with E-state index in [1.807, 2.05) is 0 Å². The Morgan fingerprint density at radius 3 is 2.57 bits per heavy atom. The molecule has 1 N–H and O–H groups in total. The molecule has 21 heavy (non-hydrogen) atoms. The molecule has 5 atom stereocenters. The molecule has 1 nitrogen and oxygen atoms in total. The minimum Gasteiger partial charge on any atom is -0.392 e. The maximum Gasteiger partial charge on any atom is 0.0616 e. The molecule has 0 aromatic carbocycles. The molecule has 0 aliphatic heterocycles. The Morgan fingerprint density at radius 2 is 1.90 bits per heavy atom. The zero-order chi connectivity index (χ0) is 15.5. The maximum atomic E-state index is 10.9. The third-order valence-corrected chi connectivity index (χ3v) is 7.12. The van der Waals surface area contributed by atoms with Crippen LogP contribution < -0.4 is 0 Å². The summed E-state index contributed by atoms with van der Waals surface area (Å²) < 4.78 is 0. The van der Waals surface area contributed by atoms with Gasteiger partial charge in [-0.3, -0.25) is 0 Å². The highest BCUT2D eigenvalue weighted by atomic mass is 16.3. The Hall–Kier alpha value is -0.560. The van der Waals surface area contributed by atoms with Gasteiger partial charge in [-0.05, 0) is 54.8 Å². The molecule has 1 heteroatoms. The van der Waals surface area contributed by atoms with Gasteiger partial charge >= 0.3 is 0 Å². The third kappa shape index (κ3) is 2.23. The quantitative estimate of drug-likeness (QED) is 0.665. The molecule has 5 unspecified atom stereocenters. The van der Waals surface area contributed by atoms with Crippen molar-refractivity contribution in [2.75, 3.05) is 0 Å². The third-order valence-electron chi connectivity index (χ3n) is 7.12. The summed E-state index contributed by atoms with van der Waals surface area (Å²) in [6.45, 7) is 13.5. The monoisotopic (exact) mass is 288 g/mol. The number of hydrogen-bond acceptors (Lipinski definition) is 1. The number of aliphatic hydroxyl groups excluding tert-OH is 1. The molecule has 0 saturated heterocycles. The van der Waals surface area contributed by atoms with E-state index in [1.165, 1.54) is 37.7 Å². The number of fused-ring (bicyclic) bond motifs is 3. The average molecular weight is 288 g/mol. The molecule has 0 heterocycles. The Labute approximate surface area is 130 Å². The van der Waals surface area contributed by atoms with Gasteiger partial charge in [-0.2, -0.15) is 0 Å². The van der Waals surface area contributed by atoms with Gasteiger partial charge in [0.25, 0.3) is 0 Å². The molecule has 0 aromatic heterocycles. The molecular formula is C20H32O. The van der Waals surface area contributed by atoms with E-state index in [-0.39, 0.29) is 22.3 Å². The normalized spacial score (nSPS) is 48.8. The molecule has 2 fully saturated rings. The van der Waals surface area contributed by atoms with Gasteiger partial charge in [0.15, 0.2) is 0 Å². The van der Waals surface area contributed by atoms with E-state index >= 15 is 0 Å². The van der Waals surface area contributed by atoms with E-state index in [2.05, 4.69) is 46.4 Å². The SMILES string of the molecule is C=CC1(C)C=C2CC(O)C3C(C)(C)CCCC3(C)C2CC1. The average Bonchev–Trinajstić information content (AvgIpc) is 2.36. The molecule has 0 amide bonds. The minimum absolute atomic E-state index is 0.138. The highest BCUT2D eigenvalue weighted by Crippen LogP contribution is 2.63. The molecule has 118 valence electrons. The zero-order valence-corrected chi connectivity index (χ0v) is 14.3. The van der Waals surface area contributed by atoms with Crippen LogP contribution >= 0.6 is 0 Å². The van der Waals surface area contributed by atoms with Crippen LogP contribution in [0.4, 0.5) is 0 Å². The lowest BCUT2D eigenvalue weighted by Crippen LogP contribution is -2.56. The fourth-order valence-corrected chi connectivity index (χ4v) is 6.19. The van der Waals surface area contributed by atoms with Crippen molar-refractivity contribution in [3.63, 3.8) is 0 Å². The van der Waals surface area contributed by atoms with E-state index in [0.29, 0.717) is 11.8 Å². The van der Waals surface area contributed by atoms with Crippen molar-refractivity contribution in [2.45, 2.75) is 72.3 Å². The van der Waals surface area contributed by atoms with Crippen LogP contribution in [0, 0.1) is 28.1 Å². The first kappa shape index (κ1) is 15.3. The van der Waals surface area contributed by atoms with Gasteiger partial charge in [0.05, 0.1) is 6.10 Å². The summed E-state index contributed by atoms with van der Waals surface area (Å²) in [5.74, 6) is 1.13. The minimum atomic E-state index is -0.167. The summed E-state index contributed by atoms with van der Waals surface area (Å²) in [7, 11) is 0. The van der Waals surface area contributed by atoms with E-state index < -0.39 is 0 Å². The van der Waals surface area contributed by atoms with Gasteiger partial charge in [0, 0.05) is 5.41 Å². The summed E-state index contributed by atoms with van der Waals surface area (Å²) >= 11 is 0. The molecule has 0 spiro atoms. The summed E-state index contributed by atoms with van der Waals surface area (Å²) in [6.07, 6.45) is 11.6. The Kier molecular flexibility index (Phi) is 3.44. The number of allylic oxidation sites excluding steroid dienone is 2. The van der Waals surface area contributed by atoms with Gasteiger partial charge in [0.1, 0.15) is 0 Å². The second-order valence-electron chi connectivity index (χ2n) is 9.12. The summed E-state index contributed by atoms with van der Waals surface area (Å²) in [5, 5.41) is 10.9. The predicted octanol–water partition coefficient (Wildman–Crippen LogP) is 5.11. The van der Waals surface area contributed by atoms with Crippen molar-refractivity contribution >= 4 is 0 Å². The van der Waals surface area contributed by atoms with Crippen LogP contribution in [-0.2, 0) is 0 Å². The van der Waals surface area contributed by atoms with Crippen molar-refractivity contribution in [3.8, 4) is 0 Å². The van der Waals surface area contributed by atoms with Crippen LogP contribution in [0.3, 0.4) is 0 Å². The van der Waals surface area contributed by atoms with Crippen molar-refractivity contribution in [1.29, 1.82) is 0 Å². The number of aliphatic hydroxyl groups is 1. The van der Waals surface area contributed by atoms with E-state index in [1.54, 1.807) is 0 Å². The largest absolute Gasteiger partial charge is 0.392 e. The first-order valence-corrected chi connectivity index (χ1v) is 8.75. The van der Waals surface area contributed by atoms with Crippen molar-refractivity contribution in [3.05, 3.63) is 24.3 Å². The van der Waals surface area contributed by atoms with E-state index in [4.69, 9.17) is 0 Å². The molecule has 3 rings (SSSR count). The zero-order valence-electron chi connectivity index (χ0n) is 14.3. The summed E-state index contributed by atoms with van der Waals surface area (Å²) in [5.41, 5.74) is 2.22. The first-order valence-electron chi connectivity index (χ1n) is 8.75. The Bertz CT molecular complexity index is 474. The highest BCUT2D eigenvalue weighted by molar-refractivity contribution is 5.27. The fraction of sp³-hybridized carbons (Fsp3) is 0.800. The molecular weight excluding hydrogens is 256 g/mol. The van der Waals surface area contributed by atoms with Crippen molar-refractivity contribution in [2.24, 2.45) is 28.1 Å². The molecule has 3 aliphatic carbocycles. The highest BCUT2D eigenvalue weighted by Gasteiger charge is 2.57. The topological polar surface area (TPSA) is 20.2 Å². The molecule has 0 radical (unpaired) electrons. The van der Waals surface area contributed by atoms with Crippen molar-refractivity contribution in [1.82, 2.24) is 0 Å². The smallest absolute Gasteiger partial charge is 0.0616 e. The van der Waals surface area contributed by atoms with Gasteiger partial charge < -0.3 is 5.11 Å². The van der Waals surface area contributed by atoms with Crippen LogP contribution in [0.2, 0.25) is 0 Å². The van der Waals surface area contributed by atoms with Gasteiger partial charge in [0.2, 0.25) is 0 Å². The number of rotatable bonds is 1.